The predicted octanol–water partition coefficient (Wildman–Crippen LogP) is 3.10. The molecule has 142 valence electrons. The summed E-state index contributed by atoms with van der Waals surface area (Å²) in [4.78, 5) is 37.5. The third-order valence-electron chi connectivity index (χ3n) is 7.13. The van der Waals surface area contributed by atoms with E-state index in [0.717, 1.165) is 24.8 Å². The summed E-state index contributed by atoms with van der Waals surface area (Å²) >= 11 is 0. The Morgan fingerprint density at radius 2 is 1.67 bits per heavy atom. The van der Waals surface area contributed by atoms with Gasteiger partial charge in [0.15, 0.2) is 12.4 Å². The van der Waals surface area contributed by atoms with Crippen LogP contribution in [0.15, 0.2) is 24.3 Å². The predicted molar refractivity (Wildman–Crippen MR) is 95.9 cm³/mol. The van der Waals surface area contributed by atoms with Crippen molar-refractivity contribution in [3.63, 3.8) is 0 Å². The summed E-state index contributed by atoms with van der Waals surface area (Å²) in [6, 6.07) is 7.10. The molecule has 1 aliphatic heterocycles. The zero-order valence-corrected chi connectivity index (χ0v) is 15.3. The number of rotatable bonds is 4. The van der Waals surface area contributed by atoms with Crippen molar-refractivity contribution in [2.45, 2.75) is 51.0 Å². The Morgan fingerprint density at radius 1 is 1.04 bits per heavy atom. The van der Waals surface area contributed by atoms with Crippen LogP contribution in [0.1, 0.15) is 54.4 Å². The second-order valence-electron chi connectivity index (χ2n) is 8.98. The molecule has 1 atom stereocenters. The normalized spacial score (nSPS) is 36.1. The minimum absolute atomic E-state index is 0.0671. The molecule has 0 saturated heterocycles. The van der Waals surface area contributed by atoms with Crippen LogP contribution in [0.2, 0.25) is 0 Å². The Balaban J connectivity index is 1.23. The van der Waals surface area contributed by atoms with E-state index in [1.54, 1.807) is 12.1 Å². The first-order chi connectivity index (χ1) is 13.0. The van der Waals surface area contributed by atoms with Gasteiger partial charge in [0.05, 0.1) is 5.56 Å². The van der Waals surface area contributed by atoms with Crippen molar-refractivity contribution in [3.8, 4) is 0 Å². The summed E-state index contributed by atoms with van der Waals surface area (Å²) in [5, 5.41) is 0. The first-order valence-electron chi connectivity index (χ1n) is 10.0. The second kappa shape index (κ2) is 6.18. The number of fused-ring (bicyclic) bond motifs is 1. The van der Waals surface area contributed by atoms with Gasteiger partial charge < -0.3 is 9.47 Å². The third-order valence-corrected chi connectivity index (χ3v) is 7.13. The average molecular weight is 368 g/mol. The highest BCUT2D eigenvalue weighted by Gasteiger charge is 2.54. The fraction of sp³-hybridized carbons (Fsp3) is 0.591. The number of ketones is 1. The second-order valence-corrected chi connectivity index (χ2v) is 8.98. The summed E-state index contributed by atoms with van der Waals surface area (Å²) in [6.45, 7) is -0.194. The van der Waals surface area contributed by atoms with Crippen LogP contribution in [0.4, 0.5) is 0 Å². The molecule has 0 aromatic heterocycles. The SMILES string of the molecule is O=C1O[C@H](C(=O)OCC(=O)C23CC4CC(CC(C4)C2)C3)Cc2ccccc21. The number of benzene rings is 1. The smallest absolute Gasteiger partial charge is 0.348 e. The summed E-state index contributed by atoms with van der Waals surface area (Å²) < 4.78 is 10.6. The van der Waals surface area contributed by atoms with Crippen molar-refractivity contribution in [3.05, 3.63) is 35.4 Å². The van der Waals surface area contributed by atoms with E-state index in [-0.39, 0.29) is 17.8 Å². The molecule has 4 fully saturated rings. The molecule has 4 bridgehead atoms. The molecular weight excluding hydrogens is 344 g/mol. The standard InChI is InChI=1S/C22H24O5/c23-19(22-9-13-5-14(10-22)7-15(6-13)11-22)12-26-21(25)18-8-16-3-1-2-4-17(16)20(24)27-18/h1-4,13-15,18H,5-12H2/t13?,14?,15?,18-,22?/m0/s1. The van der Waals surface area contributed by atoms with Crippen molar-refractivity contribution in [2.75, 3.05) is 6.61 Å². The van der Waals surface area contributed by atoms with Gasteiger partial charge in [-0.3, -0.25) is 4.79 Å². The van der Waals surface area contributed by atoms with Gasteiger partial charge >= 0.3 is 11.9 Å². The average Bonchev–Trinajstić information content (AvgIpc) is 2.64. The number of Topliss-reactive ketones (excluding diaryl/α,β-unsaturated/α-hetero) is 1. The van der Waals surface area contributed by atoms with E-state index in [1.165, 1.54) is 19.3 Å². The minimum Gasteiger partial charge on any atom is -0.455 e. The summed E-state index contributed by atoms with van der Waals surface area (Å²) in [6.07, 6.45) is 6.02. The molecule has 5 nitrogen and oxygen atoms in total. The van der Waals surface area contributed by atoms with Crippen LogP contribution in [-0.2, 0) is 25.5 Å². The zero-order valence-electron chi connectivity index (χ0n) is 15.3. The Kier molecular flexibility index (Phi) is 3.88. The van der Waals surface area contributed by atoms with Crippen molar-refractivity contribution in [1.29, 1.82) is 0 Å². The maximum Gasteiger partial charge on any atom is 0.348 e. The fourth-order valence-corrected chi connectivity index (χ4v) is 6.30. The lowest BCUT2D eigenvalue weighted by Gasteiger charge is -2.55. The van der Waals surface area contributed by atoms with Gasteiger partial charge in [-0.2, -0.15) is 0 Å². The zero-order chi connectivity index (χ0) is 18.6. The van der Waals surface area contributed by atoms with Crippen molar-refractivity contribution in [2.24, 2.45) is 23.2 Å². The monoisotopic (exact) mass is 368 g/mol. The summed E-state index contributed by atoms with van der Waals surface area (Å²) in [7, 11) is 0. The van der Waals surface area contributed by atoms with Crippen LogP contribution in [0, 0.1) is 23.2 Å². The Hall–Kier alpha value is -2.17. The molecule has 0 N–H and O–H groups in total. The van der Waals surface area contributed by atoms with Crippen LogP contribution < -0.4 is 0 Å². The van der Waals surface area contributed by atoms with Crippen LogP contribution in [-0.4, -0.2) is 30.4 Å². The number of hydrogen-bond donors (Lipinski definition) is 0. The van der Waals surface area contributed by atoms with Crippen molar-refractivity contribution in [1.82, 2.24) is 0 Å². The molecule has 27 heavy (non-hydrogen) atoms. The topological polar surface area (TPSA) is 69.7 Å². The van der Waals surface area contributed by atoms with Crippen molar-refractivity contribution >= 4 is 17.7 Å². The molecule has 1 aromatic rings. The molecule has 5 aliphatic rings. The number of ether oxygens (including phenoxy) is 2. The molecule has 0 spiro atoms. The Labute approximate surface area is 158 Å². The molecule has 1 heterocycles. The first-order valence-corrected chi connectivity index (χ1v) is 10.0. The fourth-order valence-electron chi connectivity index (χ4n) is 6.30. The molecule has 0 radical (unpaired) electrons. The Morgan fingerprint density at radius 3 is 2.33 bits per heavy atom. The Bertz CT molecular complexity index is 775. The van der Waals surface area contributed by atoms with E-state index in [9.17, 15) is 14.4 Å². The van der Waals surface area contributed by atoms with E-state index in [2.05, 4.69) is 0 Å². The maximum absolute atomic E-state index is 13.0. The lowest BCUT2D eigenvalue weighted by atomic mass is 9.48. The number of carbonyl (C=O) groups is 3. The molecule has 0 amide bonds. The largest absolute Gasteiger partial charge is 0.455 e. The summed E-state index contributed by atoms with van der Waals surface area (Å²) in [5.41, 5.74) is 1.000. The van der Waals surface area contributed by atoms with Gasteiger partial charge in [0.2, 0.25) is 6.10 Å². The molecule has 0 unspecified atom stereocenters. The van der Waals surface area contributed by atoms with Crippen molar-refractivity contribution < 1.29 is 23.9 Å². The lowest BCUT2D eigenvalue weighted by molar-refractivity contribution is -0.163. The molecule has 6 rings (SSSR count). The van der Waals surface area contributed by atoms with Gasteiger partial charge in [-0.15, -0.1) is 0 Å². The molecule has 4 aliphatic carbocycles. The van der Waals surface area contributed by atoms with Gasteiger partial charge in [0, 0.05) is 11.8 Å². The number of carbonyl (C=O) groups excluding carboxylic acids is 3. The van der Waals surface area contributed by atoms with Gasteiger partial charge in [0.1, 0.15) is 0 Å². The van der Waals surface area contributed by atoms with Gasteiger partial charge in [-0.05, 0) is 67.9 Å². The quantitative estimate of drug-likeness (QED) is 0.764. The van der Waals surface area contributed by atoms with Crippen LogP contribution in [0.3, 0.4) is 0 Å². The maximum atomic E-state index is 13.0. The lowest BCUT2D eigenvalue weighted by Crippen LogP contribution is -2.51. The highest BCUT2D eigenvalue weighted by Crippen LogP contribution is 2.60. The van der Waals surface area contributed by atoms with Gasteiger partial charge in [-0.1, -0.05) is 18.2 Å². The minimum atomic E-state index is -0.962. The highest BCUT2D eigenvalue weighted by molar-refractivity contribution is 5.95. The number of esters is 2. The van der Waals surface area contributed by atoms with Crippen LogP contribution in [0.5, 0.6) is 0 Å². The third kappa shape index (κ3) is 2.88. The van der Waals surface area contributed by atoms with E-state index >= 15 is 0 Å². The number of cyclic esters (lactones) is 1. The van der Waals surface area contributed by atoms with E-state index in [1.807, 2.05) is 12.1 Å². The highest BCUT2D eigenvalue weighted by atomic mass is 16.6. The van der Waals surface area contributed by atoms with Crippen LogP contribution >= 0.6 is 0 Å². The number of hydrogen-bond acceptors (Lipinski definition) is 5. The van der Waals surface area contributed by atoms with E-state index in [4.69, 9.17) is 9.47 Å². The van der Waals surface area contributed by atoms with Gasteiger partial charge in [-0.25, -0.2) is 9.59 Å². The molecule has 4 saturated carbocycles. The van der Waals surface area contributed by atoms with Crippen LogP contribution in [0.25, 0.3) is 0 Å². The van der Waals surface area contributed by atoms with Gasteiger partial charge in [0.25, 0.3) is 0 Å². The summed E-state index contributed by atoms with van der Waals surface area (Å²) in [5.74, 6) is 0.963. The van der Waals surface area contributed by atoms with E-state index < -0.39 is 18.0 Å². The van der Waals surface area contributed by atoms with E-state index in [0.29, 0.717) is 29.7 Å². The molecule has 1 aromatic carbocycles. The first kappa shape index (κ1) is 17.0. The molecular formula is C22H24O5. The molecule has 5 heteroatoms.